The van der Waals surface area contributed by atoms with E-state index in [1.807, 2.05) is 13.1 Å². The summed E-state index contributed by atoms with van der Waals surface area (Å²) in [4.78, 5) is 2.57. The Hall–Kier alpha value is -1.35. The average Bonchev–Trinajstić information content (AvgIpc) is 2.47. The molecule has 0 N–H and O–H groups in total. The number of benzene rings is 1. The van der Waals surface area contributed by atoms with Gasteiger partial charge in [-0.2, -0.15) is 5.10 Å². The molecule has 20 heavy (non-hydrogen) atoms. The molecule has 110 valence electrons. The second kappa shape index (κ2) is 8.05. The Morgan fingerprint density at radius 3 is 2.40 bits per heavy atom. The van der Waals surface area contributed by atoms with Crippen LogP contribution in [0.15, 0.2) is 29.4 Å². The molecule has 1 fully saturated rings. The summed E-state index contributed by atoms with van der Waals surface area (Å²) < 4.78 is 0. The van der Waals surface area contributed by atoms with Crippen molar-refractivity contribution in [1.82, 2.24) is 9.91 Å². The third-order valence-corrected chi connectivity index (χ3v) is 3.94. The van der Waals surface area contributed by atoms with Gasteiger partial charge in [0.1, 0.15) is 0 Å². The molecule has 1 aromatic carbocycles. The summed E-state index contributed by atoms with van der Waals surface area (Å²) in [5, 5.41) is 6.51. The van der Waals surface area contributed by atoms with Crippen LogP contribution < -0.4 is 0 Å². The number of hydrazone groups is 1. The van der Waals surface area contributed by atoms with Crippen LogP contribution in [0.25, 0.3) is 0 Å². The van der Waals surface area contributed by atoms with Crippen LogP contribution in [-0.2, 0) is 6.42 Å². The van der Waals surface area contributed by atoms with Gasteiger partial charge in [-0.1, -0.05) is 29.8 Å². The van der Waals surface area contributed by atoms with E-state index >= 15 is 0 Å². The van der Waals surface area contributed by atoms with Crippen molar-refractivity contribution in [3.63, 3.8) is 0 Å². The average molecular weight is 273 g/mol. The number of aryl methyl sites for hydroxylation is 2. The van der Waals surface area contributed by atoms with Gasteiger partial charge < -0.3 is 0 Å². The van der Waals surface area contributed by atoms with Crippen molar-refractivity contribution in [2.75, 3.05) is 32.7 Å². The molecule has 1 aromatic rings. The monoisotopic (exact) mass is 273 g/mol. The number of hydrogen-bond donors (Lipinski definition) is 0. The minimum absolute atomic E-state index is 1.07. The molecule has 1 aliphatic heterocycles. The molecule has 0 aliphatic carbocycles. The van der Waals surface area contributed by atoms with Gasteiger partial charge in [0.25, 0.3) is 0 Å². The number of rotatable bonds is 6. The Labute approximate surface area is 123 Å². The van der Waals surface area contributed by atoms with E-state index in [2.05, 4.69) is 46.2 Å². The van der Waals surface area contributed by atoms with E-state index in [1.54, 1.807) is 0 Å². The van der Waals surface area contributed by atoms with Crippen LogP contribution in [-0.4, -0.2) is 48.8 Å². The number of unbranched alkanes of at least 4 members (excludes halogenated alkanes) is 1. The first-order chi connectivity index (χ1) is 9.78. The molecule has 1 saturated heterocycles. The highest BCUT2D eigenvalue weighted by atomic mass is 15.5. The lowest BCUT2D eigenvalue weighted by Crippen LogP contribution is -2.44. The molecule has 0 amide bonds. The van der Waals surface area contributed by atoms with E-state index in [9.17, 15) is 0 Å². The summed E-state index contributed by atoms with van der Waals surface area (Å²) in [5.41, 5.74) is 2.82. The second-order valence-electron chi connectivity index (χ2n) is 5.61. The van der Waals surface area contributed by atoms with Crippen LogP contribution in [0, 0.1) is 6.92 Å². The van der Waals surface area contributed by atoms with E-state index in [-0.39, 0.29) is 0 Å². The molecule has 0 unspecified atom stereocenters. The summed E-state index contributed by atoms with van der Waals surface area (Å²) >= 11 is 0. The molecule has 0 aromatic heterocycles. The summed E-state index contributed by atoms with van der Waals surface area (Å²) in [5.74, 6) is 0. The van der Waals surface area contributed by atoms with Gasteiger partial charge in [-0.3, -0.25) is 9.91 Å². The molecule has 1 heterocycles. The first kappa shape index (κ1) is 15.0. The van der Waals surface area contributed by atoms with Crippen LogP contribution in [0.1, 0.15) is 30.9 Å². The van der Waals surface area contributed by atoms with Gasteiger partial charge in [-0.05, 0) is 45.2 Å². The quantitative estimate of drug-likeness (QED) is 0.586. The second-order valence-corrected chi connectivity index (χ2v) is 5.61. The third-order valence-electron chi connectivity index (χ3n) is 3.94. The highest BCUT2D eigenvalue weighted by Crippen LogP contribution is 2.09. The molecule has 0 atom stereocenters. The summed E-state index contributed by atoms with van der Waals surface area (Å²) in [6.45, 7) is 9.81. The molecule has 0 saturated carbocycles. The predicted octanol–water partition coefficient (Wildman–Crippen LogP) is 2.94. The highest BCUT2D eigenvalue weighted by Gasteiger charge is 2.14. The van der Waals surface area contributed by atoms with Crippen molar-refractivity contribution in [1.29, 1.82) is 0 Å². The predicted molar refractivity (Wildman–Crippen MR) is 86.3 cm³/mol. The molecule has 3 nitrogen and oxygen atoms in total. The number of piperazine rings is 1. The van der Waals surface area contributed by atoms with E-state index in [4.69, 9.17) is 0 Å². The zero-order chi connectivity index (χ0) is 14.2. The number of nitrogens with zero attached hydrogens (tertiary/aromatic N) is 3. The fourth-order valence-electron chi connectivity index (χ4n) is 2.66. The lowest BCUT2D eigenvalue weighted by atomic mass is 10.1. The molecular weight excluding hydrogens is 246 g/mol. The van der Waals surface area contributed by atoms with Crippen molar-refractivity contribution in [3.05, 3.63) is 35.4 Å². The molecule has 1 aliphatic rings. The normalized spacial score (nSPS) is 17.0. The van der Waals surface area contributed by atoms with Crippen LogP contribution in [0.2, 0.25) is 0 Å². The standard InChI is InChI=1S/C17H27N3/c1-3-18-20-14-12-19(13-15-20)11-5-4-6-17-9-7-16(2)8-10-17/h3,7-10H,4-6,11-15H2,1-2H3/b18-3-. The summed E-state index contributed by atoms with van der Waals surface area (Å²) in [6, 6.07) is 8.94. The van der Waals surface area contributed by atoms with E-state index in [0.717, 1.165) is 26.2 Å². The van der Waals surface area contributed by atoms with Crippen LogP contribution >= 0.6 is 0 Å². The zero-order valence-corrected chi connectivity index (χ0v) is 12.9. The third kappa shape index (κ3) is 4.97. The molecule has 0 bridgehead atoms. The van der Waals surface area contributed by atoms with Crippen molar-refractivity contribution in [2.24, 2.45) is 5.10 Å². The lowest BCUT2D eigenvalue weighted by molar-refractivity contribution is 0.135. The Kier molecular flexibility index (Phi) is 6.06. The molecular formula is C17H27N3. The molecule has 0 spiro atoms. The molecule has 0 radical (unpaired) electrons. The van der Waals surface area contributed by atoms with Gasteiger partial charge in [0, 0.05) is 32.4 Å². The van der Waals surface area contributed by atoms with E-state index in [0.29, 0.717) is 0 Å². The summed E-state index contributed by atoms with van der Waals surface area (Å²) in [6.07, 6.45) is 5.68. The van der Waals surface area contributed by atoms with Crippen molar-refractivity contribution < 1.29 is 0 Å². The first-order valence-electron chi connectivity index (χ1n) is 7.79. The van der Waals surface area contributed by atoms with Gasteiger partial charge >= 0.3 is 0 Å². The number of hydrogen-bond acceptors (Lipinski definition) is 3. The zero-order valence-electron chi connectivity index (χ0n) is 12.9. The SMILES string of the molecule is C/C=N\N1CCN(CCCCc2ccc(C)cc2)CC1. The smallest absolute Gasteiger partial charge is 0.0488 e. The van der Waals surface area contributed by atoms with Crippen molar-refractivity contribution in [2.45, 2.75) is 33.1 Å². The maximum absolute atomic E-state index is 4.34. The molecule has 2 rings (SSSR count). The van der Waals surface area contributed by atoms with E-state index in [1.165, 1.54) is 36.9 Å². The minimum Gasteiger partial charge on any atom is -0.300 e. The van der Waals surface area contributed by atoms with Gasteiger partial charge in [0.15, 0.2) is 0 Å². The Balaban J connectivity index is 1.59. The first-order valence-corrected chi connectivity index (χ1v) is 7.79. The van der Waals surface area contributed by atoms with Gasteiger partial charge in [-0.25, -0.2) is 0 Å². The van der Waals surface area contributed by atoms with Gasteiger partial charge in [-0.15, -0.1) is 0 Å². The lowest BCUT2D eigenvalue weighted by Gasteiger charge is -2.32. The van der Waals surface area contributed by atoms with E-state index < -0.39 is 0 Å². The van der Waals surface area contributed by atoms with Crippen LogP contribution in [0.4, 0.5) is 0 Å². The van der Waals surface area contributed by atoms with Crippen molar-refractivity contribution in [3.8, 4) is 0 Å². The minimum atomic E-state index is 1.07. The van der Waals surface area contributed by atoms with Gasteiger partial charge in [0.05, 0.1) is 0 Å². The maximum atomic E-state index is 4.34. The fourth-order valence-corrected chi connectivity index (χ4v) is 2.66. The maximum Gasteiger partial charge on any atom is 0.0488 e. The van der Waals surface area contributed by atoms with Crippen molar-refractivity contribution >= 4 is 6.21 Å². The highest BCUT2D eigenvalue weighted by molar-refractivity contribution is 5.52. The van der Waals surface area contributed by atoms with Crippen LogP contribution in [0.3, 0.4) is 0 Å². The largest absolute Gasteiger partial charge is 0.300 e. The Bertz CT molecular complexity index is 403. The fraction of sp³-hybridized carbons (Fsp3) is 0.588. The van der Waals surface area contributed by atoms with Crippen LogP contribution in [0.5, 0.6) is 0 Å². The summed E-state index contributed by atoms with van der Waals surface area (Å²) in [7, 11) is 0. The Morgan fingerprint density at radius 1 is 1.05 bits per heavy atom. The topological polar surface area (TPSA) is 18.8 Å². The van der Waals surface area contributed by atoms with Gasteiger partial charge in [0.2, 0.25) is 0 Å². The molecule has 3 heteroatoms. The Morgan fingerprint density at radius 2 is 1.75 bits per heavy atom.